The number of likely N-dealkylation sites (tertiary alicyclic amines) is 1. The van der Waals surface area contributed by atoms with Gasteiger partial charge < -0.3 is 19.7 Å². The van der Waals surface area contributed by atoms with Crippen LogP contribution in [-0.4, -0.2) is 60.5 Å². The Kier molecular flexibility index (Phi) is 6.30. The number of methoxy groups -OCH3 is 1. The van der Waals surface area contributed by atoms with Gasteiger partial charge in [0.1, 0.15) is 5.69 Å². The molecule has 1 heterocycles. The molecule has 2 fully saturated rings. The maximum absolute atomic E-state index is 12.3. The number of hydrogen-bond donors (Lipinski definition) is 1. The first kappa shape index (κ1) is 20.6. The summed E-state index contributed by atoms with van der Waals surface area (Å²) in [5, 5.41) is 14.3. The van der Waals surface area contributed by atoms with Crippen molar-refractivity contribution >= 4 is 29.2 Å². The monoisotopic (exact) mass is 405 g/mol. The third-order valence-corrected chi connectivity index (χ3v) is 5.08. The molecular formula is C19H23N3O7. The van der Waals surface area contributed by atoms with E-state index >= 15 is 0 Å². The molecule has 1 amide bonds. The number of anilines is 1. The number of carbonyl (C=O) groups is 3. The van der Waals surface area contributed by atoms with Crippen LogP contribution in [0.2, 0.25) is 0 Å². The van der Waals surface area contributed by atoms with E-state index in [4.69, 9.17) is 9.47 Å². The second-order valence-electron chi connectivity index (χ2n) is 7.16. The van der Waals surface area contributed by atoms with Crippen molar-refractivity contribution in [2.24, 2.45) is 5.92 Å². The van der Waals surface area contributed by atoms with Gasteiger partial charge in [-0.1, -0.05) is 0 Å². The van der Waals surface area contributed by atoms with Crippen molar-refractivity contribution < 1.29 is 28.8 Å². The van der Waals surface area contributed by atoms with Crippen molar-refractivity contribution in [2.45, 2.75) is 31.7 Å². The van der Waals surface area contributed by atoms with E-state index in [2.05, 4.69) is 5.32 Å². The highest BCUT2D eigenvalue weighted by atomic mass is 16.6. The number of rotatable bonds is 7. The van der Waals surface area contributed by atoms with Crippen molar-refractivity contribution in [3.8, 4) is 0 Å². The quantitative estimate of drug-likeness (QED) is 0.413. The Labute approximate surface area is 167 Å². The van der Waals surface area contributed by atoms with Crippen molar-refractivity contribution in [3.05, 3.63) is 33.9 Å². The average Bonchev–Trinajstić information content (AvgIpc) is 3.55. The van der Waals surface area contributed by atoms with E-state index in [9.17, 15) is 24.5 Å². The SMILES string of the molecule is COC(=O)C1CCN(C(=O)COC(=O)c2ccc(NC3CC3)c([N+](=O)[O-])c2)CC1. The molecule has 1 aromatic carbocycles. The lowest BCUT2D eigenvalue weighted by atomic mass is 9.97. The third-order valence-electron chi connectivity index (χ3n) is 5.08. The predicted octanol–water partition coefficient (Wildman–Crippen LogP) is 1.74. The molecule has 1 saturated carbocycles. The van der Waals surface area contributed by atoms with Crippen LogP contribution in [0.1, 0.15) is 36.0 Å². The smallest absolute Gasteiger partial charge is 0.338 e. The Hall–Kier alpha value is -3.17. The van der Waals surface area contributed by atoms with Crippen LogP contribution in [0.4, 0.5) is 11.4 Å². The Morgan fingerprint density at radius 2 is 1.90 bits per heavy atom. The fraction of sp³-hybridized carbons (Fsp3) is 0.526. The minimum Gasteiger partial charge on any atom is -0.469 e. The first-order chi connectivity index (χ1) is 13.9. The molecule has 1 aliphatic heterocycles. The lowest BCUT2D eigenvalue weighted by Crippen LogP contribution is -2.42. The molecule has 0 unspecified atom stereocenters. The minimum atomic E-state index is -0.802. The number of amides is 1. The van der Waals surface area contributed by atoms with Crippen LogP contribution >= 0.6 is 0 Å². The molecule has 1 N–H and O–H groups in total. The number of nitrogens with one attached hydrogen (secondary N) is 1. The highest BCUT2D eigenvalue weighted by Gasteiger charge is 2.29. The molecule has 2 aliphatic rings. The summed E-state index contributed by atoms with van der Waals surface area (Å²) in [6.07, 6.45) is 2.90. The summed E-state index contributed by atoms with van der Waals surface area (Å²) in [4.78, 5) is 48.3. The number of nitro benzene ring substituents is 1. The van der Waals surface area contributed by atoms with Crippen LogP contribution in [0.25, 0.3) is 0 Å². The number of ether oxygens (including phenoxy) is 2. The van der Waals surface area contributed by atoms with E-state index in [0.29, 0.717) is 31.6 Å². The second kappa shape index (κ2) is 8.89. The molecular weight excluding hydrogens is 382 g/mol. The number of nitrogens with zero attached hydrogens (tertiary/aromatic N) is 2. The number of hydrogen-bond acceptors (Lipinski definition) is 8. The summed E-state index contributed by atoms with van der Waals surface area (Å²) in [6.45, 7) is 0.296. The molecule has 29 heavy (non-hydrogen) atoms. The van der Waals surface area contributed by atoms with Gasteiger partial charge in [0.2, 0.25) is 0 Å². The fourth-order valence-corrected chi connectivity index (χ4v) is 3.21. The Morgan fingerprint density at radius 3 is 2.48 bits per heavy atom. The number of piperidine rings is 1. The van der Waals surface area contributed by atoms with E-state index < -0.39 is 17.5 Å². The van der Waals surface area contributed by atoms with Gasteiger partial charge in [-0.3, -0.25) is 19.7 Å². The lowest BCUT2D eigenvalue weighted by Gasteiger charge is -2.30. The average molecular weight is 405 g/mol. The second-order valence-corrected chi connectivity index (χ2v) is 7.16. The van der Waals surface area contributed by atoms with Gasteiger partial charge in [-0.15, -0.1) is 0 Å². The molecule has 156 valence electrons. The maximum Gasteiger partial charge on any atom is 0.338 e. The predicted molar refractivity (Wildman–Crippen MR) is 101 cm³/mol. The number of nitro groups is 1. The van der Waals surface area contributed by atoms with E-state index in [-0.39, 0.29) is 35.1 Å². The lowest BCUT2D eigenvalue weighted by molar-refractivity contribution is -0.384. The molecule has 10 heteroatoms. The number of esters is 2. The van der Waals surface area contributed by atoms with Crippen LogP contribution < -0.4 is 5.32 Å². The highest BCUT2D eigenvalue weighted by molar-refractivity contribution is 5.93. The van der Waals surface area contributed by atoms with Crippen molar-refractivity contribution in [1.82, 2.24) is 4.90 Å². The molecule has 1 saturated heterocycles. The van der Waals surface area contributed by atoms with Gasteiger partial charge in [-0.25, -0.2) is 4.79 Å². The van der Waals surface area contributed by atoms with Gasteiger partial charge in [0.05, 0.1) is 23.5 Å². The zero-order chi connectivity index (χ0) is 21.0. The van der Waals surface area contributed by atoms with E-state index in [0.717, 1.165) is 18.9 Å². The van der Waals surface area contributed by atoms with Crippen LogP contribution in [-0.2, 0) is 19.1 Å². The van der Waals surface area contributed by atoms with Crippen LogP contribution in [0.5, 0.6) is 0 Å². The fourth-order valence-electron chi connectivity index (χ4n) is 3.21. The standard InChI is InChI=1S/C19H23N3O7/c1-28-18(24)12-6-8-21(9-7-12)17(23)11-29-19(25)13-2-5-15(20-14-3-4-14)16(10-13)22(26)27/h2,5,10,12,14,20H,3-4,6-9,11H2,1H3. The summed E-state index contributed by atoms with van der Waals surface area (Å²) >= 11 is 0. The number of benzene rings is 1. The molecule has 0 radical (unpaired) electrons. The van der Waals surface area contributed by atoms with Gasteiger partial charge in [0, 0.05) is 25.2 Å². The van der Waals surface area contributed by atoms with Gasteiger partial charge in [0.25, 0.3) is 11.6 Å². The topological polar surface area (TPSA) is 128 Å². The van der Waals surface area contributed by atoms with Gasteiger partial charge in [-0.2, -0.15) is 0 Å². The van der Waals surface area contributed by atoms with Gasteiger partial charge >= 0.3 is 11.9 Å². The molecule has 1 aromatic rings. The van der Waals surface area contributed by atoms with Crippen molar-refractivity contribution in [1.29, 1.82) is 0 Å². The maximum atomic E-state index is 12.3. The van der Waals surface area contributed by atoms with E-state index in [1.165, 1.54) is 24.1 Å². The summed E-state index contributed by atoms with van der Waals surface area (Å²) in [5.41, 5.74) is 0.163. The summed E-state index contributed by atoms with van der Waals surface area (Å²) in [6, 6.07) is 4.30. The summed E-state index contributed by atoms with van der Waals surface area (Å²) in [7, 11) is 1.33. The van der Waals surface area contributed by atoms with Crippen LogP contribution in [0.15, 0.2) is 18.2 Å². The molecule has 3 rings (SSSR count). The van der Waals surface area contributed by atoms with Crippen molar-refractivity contribution in [3.63, 3.8) is 0 Å². The summed E-state index contributed by atoms with van der Waals surface area (Å²) < 4.78 is 9.75. The molecule has 0 spiro atoms. The molecule has 0 atom stereocenters. The largest absolute Gasteiger partial charge is 0.469 e. The summed E-state index contributed by atoms with van der Waals surface area (Å²) in [5.74, 6) is -1.69. The van der Waals surface area contributed by atoms with Crippen LogP contribution in [0, 0.1) is 16.0 Å². The zero-order valence-electron chi connectivity index (χ0n) is 16.1. The van der Waals surface area contributed by atoms with Gasteiger partial charge in [0.15, 0.2) is 6.61 Å². The first-order valence-corrected chi connectivity index (χ1v) is 9.46. The molecule has 0 aromatic heterocycles. The van der Waals surface area contributed by atoms with E-state index in [1.54, 1.807) is 0 Å². The minimum absolute atomic E-state index is 0.00949. The zero-order valence-corrected chi connectivity index (χ0v) is 16.1. The third kappa shape index (κ3) is 5.21. The first-order valence-electron chi connectivity index (χ1n) is 9.46. The molecule has 1 aliphatic carbocycles. The van der Waals surface area contributed by atoms with E-state index in [1.807, 2.05) is 0 Å². The Morgan fingerprint density at radius 1 is 1.21 bits per heavy atom. The van der Waals surface area contributed by atoms with Gasteiger partial charge in [-0.05, 0) is 37.8 Å². The van der Waals surface area contributed by atoms with Crippen LogP contribution in [0.3, 0.4) is 0 Å². The molecule has 0 bridgehead atoms. The number of carbonyl (C=O) groups excluding carboxylic acids is 3. The Bertz CT molecular complexity index is 814. The highest BCUT2D eigenvalue weighted by Crippen LogP contribution is 2.31. The molecule has 10 nitrogen and oxygen atoms in total. The van der Waals surface area contributed by atoms with Crippen molar-refractivity contribution in [2.75, 3.05) is 32.1 Å². The normalized spacial score (nSPS) is 16.8. The Balaban J connectivity index is 1.53.